The third kappa shape index (κ3) is 4.09. The summed E-state index contributed by atoms with van der Waals surface area (Å²) in [5, 5.41) is 10.7. The third-order valence-corrected chi connectivity index (χ3v) is 3.43. The number of benzene rings is 1. The van der Waals surface area contributed by atoms with Gasteiger partial charge in [0.25, 0.3) is 0 Å². The summed E-state index contributed by atoms with van der Waals surface area (Å²) in [5.41, 5.74) is 7.46. The van der Waals surface area contributed by atoms with Crippen LogP contribution in [0.1, 0.15) is 6.92 Å². The summed E-state index contributed by atoms with van der Waals surface area (Å²) < 4.78 is 5.37. The van der Waals surface area contributed by atoms with Crippen molar-refractivity contribution in [2.45, 2.75) is 12.1 Å². The number of carbonyl (C=O) groups is 1. The van der Waals surface area contributed by atoms with Crippen molar-refractivity contribution in [3.8, 4) is 16.9 Å². The number of carbonyl (C=O) groups excluding carboxylic acids is 1. The number of hydrogen-bond donors (Lipinski definition) is 1. The molecule has 2 N–H and O–H groups in total. The van der Waals surface area contributed by atoms with Gasteiger partial charge in [-0.15, -0.1) is 0 Å². The number of nitrogens with two attached hydrogens (primary N) is 1. The van der Waals surface area contributed by atoms with Gasteiger partial charge in [-0.1, -0.05) is 23.9 Å². The number of rotatable bonds is 6. The molecule has 0 amide bonds. The van der Waals surface area contributed by atoms with Crippen LogP contribution < -0.4 is 15.6 Å². The Hall–Kier alpha value is -2.28. The first kappa shape index (κ1) is 15.1. The highest BCUT2D eigenvalue weighted by Gasteiger charge is 2.07. The monoisotopic (exact) mass is 304 g/mol. The Labute approximate surface area is 126 Å². The van der Waals surface area contributed by atoms with Gasteiger partial charge in [-0.25, -0.2) is 9.97 Å². The molecule has 0 unspecified atom stereocenters. The lowest BCUT2D eigenvalue weighted by atomic mass is 10.1. The summed E-state index contributed by atoms with van der Waals surface area (Å²) >= 11 is 0.971. The smallest absolute Gasteiger partial charge is 0.189 e. The zero-order chi connectivity index (χ0) is 15.2. The number of aromatic nitrogens is 2. The molecule has 0 aliphatic rings. The van der Waals surface area contributed by atoms with Gasteiger partial charge in [0, 0.05) is 17.5 Å². The lowest BCUT2D eigenvalue weighted by Gasteiger charge is -2.08. The molecule has 0 saturated heterocycles. The zero-order valence-corrected chi connectivity index (χ0v) is 12.2. The molecule has 0 atom stereocenters. The number of carboxylic acids is 1. The van der Waals surface area contributed by atoms with Crippen molar-refractivity contribution in [2.24, 2.45) is 0 Å². The van der Waals surface area contributed by atoms with Crippen molar-refractivity contribution in [1.29, 1.82) is 0 Å². The van der Waals surface area contributed by atoms with E-state index in [2.05, 4.69) is 9.97 Å². The van der Waals surface area contributed by atoms with Crippen LogP contribution in [0, 0.1) is 0 Å². The van der Waals surface area contributed by atoms with Gasteiger partial charge in [0.15, 0.2) is 5.16 Å². The second-order valence-corrected chi connectivity index (χ2v) is 5.01. The number of hydrogen-bond acceptors (Lipinski definition) is 7. The van der Waals surface area contributed by atoms with Crippen molar-refractivity contribution >= 4 is 23.5 Å². The largest absolute Gasteiger partial charge is 0.549 e. The number of aliphatic carboxylic acids is 1. The molecule has 2 rings (SSSR count). The van der Waals surface area contributed by atoms with E-state index in [0.29, 0.717) is 23.1 Å². The van der Waals surface area contributed by atoms with Crippen LogP contribution in [0.4, 0.5) is 5.82 Å². The fourth-order valence-corrected chi connectivity index (χ4v) is 2.23. The fraction of sp³-hybridized carbons (Fsp3) is 0.214. The predicted molar refractivity (Wildman–Crippen MR) is 78.8 cm³/mol. The molecule has 2 aromatic rings. The molecule has 0 fully saturated rings. The van der Waals surface area contributed by atoms with Crippen molar-refractivity contribution in [2.75, 3.05) is 18.1 Å². The van der Waals surface area contributed by atoms with Crippen molar-refractivity contribution in [3.63, 3.8) is 0 Å². The van der Waals surface area contributed by atoms with Crippen molar-refractivity contribution in [3.05, 3.63) is 30.5 Å². The fourth-order valence-electron chi connectivity index (χ4n) is 1.69. The van der Waals surface area contributed by atoms with Crippen LogP contribution >= 0.6 is 11.8 Å². The van der Waals surface area contributed by atoms with E-state index in [1.165, 1.54) is 0 Å². The number of nitrogen functional groups attached to an aromatic ring is 1. The van der Waals surface area contributed by atoms with Crippen LogP contribution in [0.25, 0.3) is 11.1 Å². The standard InChI is InChI=1S/C14H15N3O3S/c1-2-20-10-5-3-9(4-6-10)11-7-16-14(17-13(11)15)21-8-12(18)19/h3-7H,2,8H2,1H3,(H,18,19)(H2,15,16,17)/p-1. The summed E-state index contributed by atoms with van der Waals surface area (Å²) in [5.74, 6) is -0.295. The maximum absolute atomic E-state index is 10.4. The van der Waals surface area contributed by atoms with Gasteiger partial charge in [-0.3, -0.25) is 0 Å². The number of carboxylic acid groups (broad SMARTS) is 1. The normalized spacial score (nSPS) is 10.3. The molecule has 0 bridgehead atoms. The molecule has 0 saturated carbocycles. The van der Waals surface area contributed by atoms with Gasteiger partial charge in [-0.05, 0) is 24.6 Å². The van der Waals surface area contributed by atoms with Crippen molar-refractivity contribution < 1.29 is 14.6 Å². The second kappa shape index (κ2) is 6.94. The molecule has 110 valence electrons. The number of nitrogens with zero attached hydrogens (tertiary/aromatic N) is 2. The molecule has 0 aliphatic heterocycles. The summed E-state index contributed by atoms with van der Waals surface area (Å²) in [6.45, 7) is 2.53. The van der Waals surface area contributed by atoms with E-state index in [4.69, 9.17) is 10.5 Å². The zero-order valence-electron chi connectivity index (χ0n) is 11.4. The van der Waals surface area contributed by atoms with Gasteiger partial charge in [0.1, 0.15) is 11.6 Å². The van der Waals surface area contributed by atoms with Gasteiger partial charge < -0.3 is 20.4 Å². The van der Waals surface area contributed by atoms with Gasteiger partial charge in [-0.2, -0.15) is 0 Å². The topological polar surface area (TPSA) is 101 Å². The lowest BCUT2D eigenvalue weighted by molar-refractivity contribution is -0.301. The first-order chi connectivity index (χ1) is 10.1. The van der Waals surface area contributed by atoms with E-state index >= 15 is 0 Å². The highest BCUT2D eigenvalue weighted by molar-refractivity contribution is 7.99. The Morgan fingerprint density at radius 1 is 1.38 bits per heavy atom. The van der Waals surface area contributed by atoms with Crippen LogP contribution in [0.2, 0.25) is 0 Å². The summed E-state index contributed by atoms with van der Waals surface area (Å²) in [6.07, 6.45) is 1.58. The van der Waals surface area contributed by atoms with E-state index in [9.17, 15) is 9.90 Å². The first-order valence-electron chi connectivity index (χ1n) is 6.28. The Kier molecular flexibility index (Phi) is 4.99. The Balaban J connectivity index is 2.18. The highest BCUT2D eigenvalue weighted by atomic mass is 32.2. The third-order valence-electron chi connectivity index (χ3n) is 2.59. The Morgan fingerprint density at radius 2 is 2.10 bits per heavy atom. The molecule has 0 spiro atoms. The van der Waals surface area contributed by atoms with E-state index in [1.54, 1.807) is 6.20 Å². The number of anilines is 1. The van der Waals surface area contributed by atoms with Gasteiger partial charge in [0.05, 0.1) is 12.6 Å². The van der Waals surface area contributed by atoms with Gasteiger partial charge in [0.2, 0.25) is 0 Å². The summed E-state index contributed by atoms with van der Waals surface area (Å²) in [4.78, 5) is 18.6. The van der Waals surface area contributed by atoms with Gasteiger partial charge >= 0.3 is 0 Å². The maximum Gasteiger partial charge on any atom is 0.189 e. The second-order valence-electron chi connectivity index (χ2n) is 4.07. The lowest BCUT2D eigenvalue weighted by Crippen LogP contribution is -2.24. The molecular formula is C14H14N3O3S-. The average molecular weight is 304 g/mol. The number of thioether (sulfide) groups is 1. The minimum absolute atomic E-state index is 0.207. The number of ether oxygens (including phenoxy) is 1. The van der Waals surface area contributed by atoms with Crippen LogP contribution in [0.3, 0.4) is 0 Å². The molecule has 1 heterocycles. The molecule has 7 heteroatoms. The predicted octanol–water partition coefficient (Wildman–Crippen LogP) is 0.966. The molecular weight excluding hydrogens is 290 g/mol. The van der Waals surface area contributed by atoms with Crippen LogP contribution in [-0.2, 0) is 4.79 Å². The van der Waals surface area contributed by atoms with Crippen LogP contribution in [0.5, 0.6) is 5.75 Å². The molecule has 21 heavy (non-hydrogen) atoms. The SMILES string of the molecule is CCOc1ccc(-c2cnc(SCC(=O)[O-])nc2N)cc1. The van der Waals surface area contributed by atoms with E-state index in [-0.39, 0.29) is 5.75 Å². The Morgan fingerprint density at radius 3 is 2.67 bits per heavy atom. The van der Waals surface area contributed by atoms with E-state index < -0.39 is 5.97 Å². The minimum atomic E-state index is -1.17. The highest BCUT2D eigenvalue weighted by Crippen LogP contribution is 2.27. The maximum atomic E-state index is 10.4. The molecule has 1 aromatic heterocycles. The van der Waals surface area contributed by atoms with Crippen molar-refractivity contribution in [1.82, 2.24) is 9.97 Å². The van der Waals surface area contributed by atoms with E-state index in [0.717, 1.165) is 23.1 Å². The minimum Gasteiger partial charge on any atom is -0.549 e. The first-order valence-corrected chi connectivity index (χ1v) is 7.27. The molecule has 6 nitrogen and oxygen atoms in total. The molecule has 0 aliphatic carbocycles. The van der Waals surface area contributed by atoms with Crippen LogP contribution in [0.15, 0.2) is 35.6 Å². The summed E-state index contributed by atoms with van der Waals surface area (Å²) in [7, 11) is 0. The van der Waals surface area contributed by atoms with E-state index in [1.807, 2.05) is 31.2 Å². The average Bonchev–Trinajstić information content (AvgIpc) is 2.47. The molecule has 0 radical (unpaired) electrons. The molecule has 1 aromatic carbocycles. The van der Waals surface area contributed by atoms with Crippen LogP contribution in [-0.4, -0.2) is 28.3 Å². The summed E-state index contributed by atoms with van der Waals surface area (Å²) in [6, 6.07) is 7.43. The Bertz CT molecular complexity index is 632. The quantitative estimate of drug-likeness (QED) is 0.626.